The molecule has 0 atom stereocenters. The molecule has 0 bridgehead atoms. The van der Waals surface area contributed by atoms with Crippen LogP contribution in [0.25, 0.3) is 0 Å². The number of aryl methyl sites for hydroxylation is 1. The van der Waals surface area contributed by atoms with Crippen LogP contribution in [0, 0.1) is 6.92 Å². The molecule has 0 heterocycles. The zero-order chi connectivity index (χ0) is 11.0. The van der Waals surface area contributed by atoms with Gasteiger partial charge in [-0.15, -0.1) is 6.58 Å². The third-order valence-electron chi connectivity index (χ3n) is 1.27. The van der Waals surface area contributed by atoms with Crippen LogP contribution in [0.4, 0.5) is 0 Å². The van der Waals surface area contributed by atoms with Crippen molar-refractivity contribution in [3.8, 4) is 0 Å². The molecule has 0 spiro atoms. The second-order valence-electron chi connectivity index (χ2n) is 2.69. The average molecular weight is 256 g/mol. The third-order valence-corrected chi connectivity index (χ3v) is 1.93. The van der Waals surface area contributed by atoms with Crippen molar-refractivity contribution in [2.24, 2.45) is 0 Å². The van der Waals surface area contributed by atoms with Gasteiger partial charge in [0.25, 0.3) is 10.1 Å². The molecule has 0 aliphatic heterocycles. The zero-order valence-corrected chi connectivity index (χ0v) is 8.87. The molecular weight excluding hydrogens is 240 g/mol. The van der Waals surface area contributed by atoms with Crippen molar-refractivity contribution in [1.82, 2.24) is 0 Å². The second kappa shape index (κ2) is 9.36. The van der Waals surface area contributed by atoms with Gasteiger partial charge < -0.3 is 0 Å². The Hall–Kier alpha value is 0.130. The molecule has 1 aromatic carbocycles. The predicted molar refractivity (Wildman–Crippen MR) is 66.3 cm³/mol. The van der Waals surface area contributed by atoms with Crippen LogP contribution in [0.2, 0.25) is 0 Å². The molecule has 3 nitrogen and oxygen atoms in total. The fraction of sp³-hybridized carbons (Fsp3) is 0.200. The summed E-state index contributed by atoms with van der Waals surface area (Å²) >= 11 is 0. The molecule has 15 heavy (non-hydrogen) atoms. The van der Waals surface area contributed by atoms with Crippen LogP contribution in [-0.2, 0) is 10.1 Å². The topological polar surface area (TPSA) is 54.4 Å². The molecule has 0 amide bonds. The maximum atomic E-state index is 9.72. The van der Waals surface area contributed by atoms with Crippen molar-refractivity contribution in [2.45, 2.75) is 6.92 Å². The van der Waals surface area contributed by atoms with Crippen molar-refractivity contribution >= 4 is 47.9 Å². The van der Waals surface area contributed by atoms with Gasteiger partial charge in [-0.25, -0.2) is 0 Å². The quantitative estimate of drug-likeness (QED) is 0.490. The zero-order valence-electron chi connectivity index (χ0n) is 8.05. The summed E-state index contributed by atoms with van der Waals surface area (Å²) in [6.07, 6.45) is 1.12. The molecule has 1 N–H and O–H groups in total. The molecule has 0 aliphatic carbocycles. The summed E-state index contributed by atoms with van der Waals surface area (Å²) in [7, 11) is -3.79. The van der Waals surface area contributed by atoms with E-state index in [-0.39, 0.29) is 43.5 Å². The van der Waals surface area contributed by atoms with Crippen molar-refractivity contribution in [1.29, 1.82) is 0 Å². The molecular formula is C10H16CaO3S. The minimum atomic E-state index is -3.79. The van der Waals surface area contributed by atoms with E-state index >= 15 is 0 Å². The molecule has 0 aromatic heterocycles. The van der Waals surface area contributed by atoms with Crippen LogP contribution in [0.5, 0.6) is 0 Å². The van der Waals surface area contributed by atoms with Crippen molar-refractivity contribution < 1.29 is 13.0 Å². The molecule has 1 rings (SSSR count). The molecule has 1 aromatic rings. The minimum absolute atomic E-state index is 0. The Morgan fingerprint density at radius 3 is 1.93 bits per heavy atom. The van der Waals surface area contributed by atoms with Crippen molar-refractivity contribution in [3.05, 3.63) is 48.6 Å². The van der Waals surface area contributed by atoms with Crippen molar-refractivity contribution in [2.75, 3.05) is 5.75 Å². The fourth-order valence-corrected chi connectivity index (χ4v) is 0.981. The van der Waals surface area contributed by atoms with E-state index in [0.29, 0.717) is 0 Å². The summed E-state index contributed by atoms with van der Waals surface area (Å²) in [4.78, 5) is 0. The van der Waals surface area contributed by atoms with E-state index in [4.69, 9.17) is 4.55 Å². The average Bonchev–Trinajstić information content (AvgIpc) is 2.04. The Morgan fingerprint density at radius 2 is 1.80 bits per heavy atom. The number of rotatable bonds is 2. The first kappa shape index (κ1) is 17.5. The predicted octanol–water partition coefficient (Wildman–Crippen LogP) is 1.14. The van der Waals surface area contributed by atoms with Gasteiger partial charge in [0.1, 0.15) is 0 Å². The van der Waals surface area contributed by atoms with Crippen LogP contribution < -0.4 is 0 Å². The van der Waals surface area contributed by atoms with Crippen LogP contribution in [0.1, 0.15) is 5.56 Å². The normalized spacial score (nSPS) is 9.20. The van der Waals surface area contributed by atoms with Gasteiger partial charge >= 0.3 is 37.7 Å². The number of benzene rings is 1. The first-order valence-corrected chi connectivity index (χ1v) is 5.64. The van der Waals surface area contributed by atoms with E-state index in [1.54, 1.807) is 0 Å². The Morgan fingerprint density at radius 1 is 1.33 bits per heavy atom. The molecule has 0 saturated carbocycles. The van der Waals surface area contributed by atoms with Crippen molar-refractivity contribution in [3.63, 3.8) is 0 Å². The summed E-state index contributed by atoms with van der Waals surface area (Å²) in [5, 5.41) is 0. The Labute approximate surface area is 121 Å². The van der Waals surface area contributed by atoms with Gasteiger partial charge in [0, 0.05) is 0 Å². The SMILES string of the molecule is C=CCS(=O)(=O)O.Cc1ccccc1.[CaH2]. The first-order valence-electron chi connectivity index (χ1n) is 4.03. The van der Waals surface area contributed by atoms with Gasteiger partial charge in [-0.3, -0.25) is 4.55 Å². The summed E-state index contributed by atoms with van der Waals surface area (Å²) in [5.41, 5.74) is 1.32. The number of hydrogen-bond acceptors (Lipinski definition) is 2. The van der Waals surface area contributed by atoms with Gasteiger partial charge in [-0.1, -0.05) is 42.0 Å². The standard InChI is InChI=1S/C7H8.C3H6O3S.Ca.2H/c1-7-5-3-2-4-6-7;1-2-3-7(4,5)6;;;/h2-6H,1H3;2H,1,3H2,(H,4,5,6);;;. The summed E-state index contributed by atoms with van der Waals surface area (Å²) in [5.74, 6) is -0.368. The van der Waals surface area contributed by atoms with E-state index in [0.717, 1.165) is 6.08 Å². The monoisotopic (exact) mass is 256 g/mol. The summed E-state index contributed by atoms with van der Waals surface area (Å²) in [6.45, 7) is 5.19. The van der Waals surface area contributed by atoms with E-state index < -0.39 is 10.1 Å². The van der Waals surface area contributed by atoms with E-state index in [2.05, 4.69) is 25.6 Å². The van der Waals surface area contributed by atoms with Gasteiger partial charge in [0.05, 0.1) is 5.75 Å². The van der Waals surface area contributed by atoms with Gasteiger partial charge in [-0.2, -0.15) is 8.42 Å². The third kappa shape index (κ3) is 14.1. The number of hydrogen-bond donors (Lipinski definition) is 1. The Balaban J connectivity index is 0. The van der Waals surface area contributed by atoms with E-state index in [1.807, 2.05) is 18.2 Å². The van der Waals surface area contributed by atoms with Gasteiger partial charge in [0.15, 0.2) is 0 Å². The molecule has 0 fully saturated rings. The van der Waals surface area contributed by atoms with E-state index in [9.17, 15) is 8.42 Å². The first-order chi connectivity index (χ1) is 6.45. The van der Waals surface area contributed by atoms with Crippen LogP contribution in [-0.4, -0.2) is 56.5 Å². The second-order valence-corrected chi connectivity index (χ2v) is 4.19. The van der Waals surface area contributed by atoms with Crippen LogP contribution >= 0.6 is 0 Å². The fourth-order valence-electron chi connectivity index (χ4n) is 0.683. The van der Waals surface area contributed by atoms with E-state index in [1.165, 1.54) is 5.56 Å². The molecule has 0 unspecified atom stereocenters. The molecule has 0 saturated heterocycles. The molecule has 0 radical (unpaired) electrons. The van der Waals surface area contributed by atoms with Gasteiger partial charge in [-0.05, 0) is 6.92 Å². The summed E-state index contributed by atoms with van der Waals surface area (Å²) < 4.78 is 27.3. The van der Waals surface area contributed by atoms with Gasteiger partial charge in [0.2, 0.25) is 0 Å². The van der Waals surface area contributed by atoms with Crippen LogP contribution in [0.3, 0.4) is 0 Å². The Bertz CT molecular complexity index is 360. The molecule has 5 heteroatoms. The molecule has 0 aliphatic rings. The molecule has 82 valence electrons. The Kier molecular flexibility index (Phi) is 10.9. The maximum absolute atomic E-state index is 9.72. The van der Waals surface area contributed by atoms with Crippen LogP contribution in [0.15, 0.2) is 43.0 Å². The summed E-state index contributed by atoms with van der Waals surface area (Å²) in [6, 6.07) is 10.3.